The molecule has 92 valence electrons. The largest absolute Gasteiger partial charge is 0.303 e. The minimum Gasteiger partial charge on any atom is -0.303 e. The number of rotatable bonds is 8. The molecule has 1 aromatic carbocycles. The maximum atomic E-state index is 10.1. The van der Waals surface area contributed by atoms with Crippen molar-refractivity contribution < 1.29 is 4.79 Å². The van der Waals surface area contributed by atoms with E-state index in [0.29, 0.717) is 12.3 Å². The van der Waals surface area contributed by atoms with Crippen molar-refractivity contribution in [3.05, 3.63) is 48.0 Å². The van der Waals surface area contributed by atoms with Gasteiger partial charge in [-0.05, 0) is 37.2 Å². The van der Waals surface area contributed by atoms with Gasteiger partial charge >= 0.3 is 0 Å². The molecule has 1 nitrogen and oxygen atoms in total. The molecule has 0 aliphatic carbocycles. The summed E-state index contributed by atoms with van der Waals surface area (Å²) in [5.74, 6) is 0.616. The van der Waals surface area contributed by atoms with Gasteiger partial charge in [-0.2, -0.15) is 0 Å². The van der Waals surface area contributed by atoms with E-state index in [0.717, 1.165) is 19.1 Å². The van der Waals surface area contributed by atoms with Crippen molar-refractivity contribution >= 4 is 6.29 Å². The number of aldehydes is 1. The van der Waals surface area contributed by atoms with Gasteiger partial charge in [0.05, 0.1) is 0 Å². The van der Waals surface area contributed by atoms with Crippen LogP contribution in [-0.2, 0) is 11.2 Å². The van der Waals surface area contributed by atoms with Crippen LogP contribution in [-0.4, -0.2) is 6.29 Å². The average molecular weight is 230 g/mol. The summed E-state index contributed by atoms with van der Waals surface area (Å²) in [4.78, 5) is 10.1. The molecule has 0 aliphatic heterocycles. The highest BCUT2D eigenvalue weighted by molar-refractivity contribution is 5.49. The van der Waals surface area contributed by atoms with Gasteiger partial charge in [0.25, 0.3) is 0 Å². The van der Waals surface area contributed by atoms with Crippen LogP contribution < -0.4 is 0 Å². The van der Waals surface area contributed by atoms with Gasteiger partial charge < -0.3 is 4.79 Å². The third-order valence-electron chi connectivity index (χ3n) is 2.88. The van der Waals surface area contributed by atoms with Crippen molar-refractivity contribution in [2.45, 2.75) is 39.0 Å². The van der Waals surface area contributed by atoms with Crippen LogP contribution in [0.3, 0.4) is 0 Å². The Bertz CT molecular complexity index is 327. The van der Waals surface area contributed by atoms with Crippen LogP contribution in [0.2, 0.25) is 0 Å². The molecule has 0 aromatic heterocycles. The Morgan fingerprint density at radius 1 is 1.18 bits per heavy atom. The fourth-order valence-electron chi connectivity index (χ4n) is 1.86. The van der Waals surface area contributed by atoms with Crippen LogP contribution in [0.5, 0.6) is 0 Å². The number of allylic oxidation sites excluding steroid dienone is 2. The highest BCUT2D eigenvalue weighted by Crippen LogP contribution is 2.11. The van der Waals surface area contributed by atoms with E-state index >= 15 is 0 Å². The van der Waals surface area contributed by atoms with Crippen LogP contribution in [0.25, 0.3) is 0 Å². The van der Waals surface area contributed by atoms with Crippen LogP contribution in [0, 0.1) is 5.92 Å². The van der Waals surface area contributed by atoms with E-state index < -0.39 is 0 Å². The molecule has 0 spiro atoms. The van der Waals surface area contributed by atoms with Gasteiger partial charge in [-0.25, -0.2) is 0 Å². The van der Waals surface area contributed by atoms with Crippen molar-refractivity contribution in [2.24, 2.45) is 5.92 Å². The second-order valence-corrected chi connectivity index (χ2v) is 4.53. The number of benzene rings is 1. The monoisotopic (exact) mass is 230 g/mol. The average Bonchev–Trinajstić information content (AvgIpc) is 2.36. The SMILES string of the molecule is CC(/C=C/CCC=O)CCCc1ccccc1. The third-order valence-corrected chi connectivity index (χ3v) is 2.88. The Balaban J connectivity index is 2.13. The summed E-state index contributed by atoms with van der Waals surface area (Å²) in [6.07, 6.45) is 10.5. The standard InChI is InChI=1S/C16H22O/c1-15(9-4-3-7-14-17)10-8-13-16-11-5-2-6-12-16/h2,4-6,9,11-12,14-15H,3,7-8,10,13H2,1H3/b9-4+. The van der Waals surface area contributed by atoms with Gasteiger partial charge in [0.15, 0.2) is 0 Å². The van der Waals surface area contributed by atoms with Crippen LogP contribution in [0.4, 0.5) is 0 Å². The number of carbonyl (C=O) groups is 1. The second-order valence-electron chi connectivity index (χ2n) is 4.53. The zero-order chi connectivity index (χ0) is 12.3. The first-order valence-corrected chi connectivity index (χ1v) is 6.47. The lowest BCUT2D eigenvalue weighted by Crippen LogP contribution is -1.92. The topological polar surface area (TPSA) is 17.1 Å². The van der Waals surface area contributed by atoms with Crippen molar-refractivity contribution in [1.29, 1.82) is 0 Å². The van der Waals surface area contributed by atoms with Gasteiger partial charge in [-0.15, -0.1) is 0 Å². The molecule has 0 N–H and O–H groups in total. The first-order valence-electron chi connectivity index (χ1n) is 6.47. The van der Waals surface area contributed by atoms with Crippen LogP contribution in [0.1, 0.15) is 38.2 Å². The zero-order valence-corrected chi connectivity index (χ0v) is 10.6. The molecular weight excluding hydrogens is 208 g/mol. The number of unbranched alkanes of at least 4 members (excludes halogenated alkanes) is 1. The molecule has 0 fully saturated rings. The smallest absolute Gasteiger partial charge is 0.120 e. The molecule has 17 heavy (non-hydrogen) atoms. The molecule has 1 aromatic rings. The van der Waals surface area contributed by atoms with Gasteiger partial charge in [0.2, 0.25) is 0 Å². The summed E-state index contributed by atoms with van der Waals surface area (Å²) < 4.78 is 0. The molecule has 0 amide bonds. The maximum Gasteiger partial charge on any atom is 0.120 e. The van der Waals surface area contributed by atoms with E-state index in [2.05, 4.69) is 49.4 Å². The van der Waals surface area contributed by atoms with E-state index in [9.17, 15) is 4.79 Å². The van der Waals surface area contributed by atoms with Crippen molar-refractivity contribution in [3.63, 3.8) is 0 Å². The number of aryl methyl sites for hydroxylation is 1. The third kappa shape index (κ3) is 6.72. The lowest BCUT2D eigenvalue weighted by molar-refractivity contribution is -0.107. The quantitative estimate of drug-likeness (QED) is 0.372. The molecule has 0 radical (unpaired) electrons. The molecule has 0 bridgehead atoms. The number of carbonyl (C=O) groups excluding carboxylic acids is 1. The van der Waals surface area contributed by atoms with Gasteiger partial charge in [-0.3, -0.25) is 0 Å². The Morgan fingerprint density at radius 2 is 1.94 bits per heavy atom. The molecule has 0 saturated carbocycles. The fourth-order valence-corrected chi connectivity index (χ4v) is 1.86. The van der Waals surface area contributed by atoms with E-state index in [4.69, 9.17) is 0 Å². The molecule has 1 atom stereocenters. The molecule has 0 aliphatic rings. The van der Waals surface area contributed by atoms with Crippen molar-refractivity contribution in [2.75, 3.05) is 0 Å². The lowest BCUT2D eigenvalue weighted by Gasteiger charge is -2.06. The van der Waals surface area contributed by atoms with E-state index in [-0.39, 0.29) is 0 Å². The molecular formula is C16H22O. The first kappa shape index (κ1) is 13.7. The predicted octanol–water partition coefficient (Wildman–Crippen LogP) is 4.18. The number of hydrogen-bond acceptors (Lipinski definition) is 1. The minimum atomic E-state index is 0.616. The Hall–Kier alpha value is -1.37. The van der Waals surface area contributed by atoms with Crippen molar-refractivity contribution in [1.82, 2.24) is 0 Å². The van der Waals surface area contributed by atoms with Crippen molar-refractivity contribution in [3.8, 4) is 0 Å². The second kappa shape index (κ2) is 8.74. The molecule has 1 rings (SSSR count). The summed E-state index contributed by atoms with van der Waals surface area (Å²) in [7, 11) is 0. The maximum absolute atomic E-state index is 10.1. The lowest BCUT2D eigenvalue weighted by atomic mass is 10.0. The Morgan fingerprint density at radius 3 is 2.65 bits per heavy atom. The summed E-state index contributed by atoms with van der Waals surface area (Å²) in [6, 6.07) is 10.6. The van der Waals surface area contributed by atoms with E-state index in [1.807, 2.05) is 0 Å². The Kier molecular flexibility index (Phi) is 7.04. The molecule has 1 unspecified atom stereocenters. The summed E-state index contributed by atoms with van der Waals surface area (Å²) in [5, 5.41) is 0. The highest BCUT2D eigenvalue weighted by atomic mass is 16.1. The summed E-state index contributed by atoms with van der Waals surface area (Å²) >= 11 is 0. The van der Waals surface area contributed by atoms with Crippen LogP contribution in [0.15, 0.2) is 42.5 Å². The Labute approximate surface area is 105 Å². The van der Waals surface area contributed by atoms with Gasteiger partial charge in [-0.1, -0.05) is 49.4 Å². The minimum absolute atomic E-state index is 0.616. The fraction of sp³-hybridized carbons (Fsp3) is 0.438. The van der Waals surface area contributed by atoms with E-state index in [1.165, 1.54) is 18.4 Å². The summed E-state index contributed by atoms with van der Waals surface area (Å²) in [6.45, 7) is 2.24. The van der Waals surface area contributed by atoms with Gasteiger partial charge in [0.1, 0.15) is 6.29 Å². The predicted molar refractivity (Wildman–Crippen MR) is 73.0 cm³/mol. The van der Waals surface area contributed by atoms with Gasteiger partial charge in [0, 0.05) is 6.42 Å². The molecule has 1 heteroatoms. The van der Waals surface area contributed by atoms with E-state index in [1.54, 1.807) is 0 Å². The molecule has 0 saturated heterocycles. The van der Waals surface area contributed by atoms with Crippen LogP contribution >= 0.6 is 0 Å². The normalized spacial score (nSPS) is 12.8. The highest BCUT2D eigenvalue weighted by Gasteiger charge is 1.97. The summed E-state index contributed by atoms with van der Waals surface area (Å²) in [5.41, 5.74) is 1.42. The zero-order valence-electron chi connectivity index (χ0n) is 10.6. The first-order chi connectivity index (χ1) is 8.33. The number of hydrogen-bond donors (Lipinski definition) is 0. The molecule has 0 heterocycles.